The van der Waals surface area contributed by atoms with Gasteiger partial charge in [-0.3, -0.25) is 4.40 Å². The lowest BCUT2D eigenvalue weighted by Gasteiger charge is -1.98. The minimum absolute atomic E-state index is 0.00678. The third-order valence-corrected chi connectivity index (χ3v) is 2.13. The van der Waals surface area contributed by atoms with E-state index >= 15 is 0 Å². The topological polar surface area (TPSA) is 30.2 Å². The molecule has 0 atom stereocenters. The number of halogens is 5. The summed E-state index contributed by atoms with van der Waals surface area (Å²) in [5.41, 5.74) is -1.03. The Bertz CT molecular complexity index is 520. The molecule has 2 rings (SSSR count). The molecule has 0 N–H and O–H groups in total. The van der Waals surface area contributed by atoms with E-state index in [9.17, 15) is 13.2 Å². The first-order chi connectivity index (χ1) is 6.88. The molecule has 2 aromatic rings. The average molecular weight is 256 g/mol. The summed E-state index contributed by atoms with van der Waals surface area (Å²) in [5.74, 6) is 0. The minimum Gasteiger partial charge on any atom is -0.274 e. The van der Waals surface area contributed by atoms with Gasteiger partial charge >= 0.3 is 6.18 Å². The zero-order chi connectivity index (χ0) is 11.2. The summed E-state index contributed by atoms with van der Waals surface area (Å²) < 4.78 is 37.9. The van der Waals surface area contributed by atoms with E-state index < -0.39 is 11.9 Å². The number of nitrogens with zero attached hydrogens (tertiary/aromatic N) is 3. The number of alkyl halides is 3. The summed E-state index contributed by atoms with van der Waals surface area (Å²) >= 11 is 11.1. The maximum absolute atomic E-state index is 12.3. The zero-order valence-corrected chi connectivity index (χ0v) is 8.40. The first-order valence-corrected chi connectivity index (χ1v) is 4.42. The summed E-state index contributed by atoms with van der Waals surface area (Å²) in [5, 5.41) is -0.174. The monoisotopic (exact) mass is 255 g/mol. The highest BCUT2D eigenvalue weighted by molar-refractivity contribution is 6.32. The zero-order valence-electron chi connectivity index (χ0n) is 6.89. The first-order valence-electron chi connectivity index (χ1n) is 3.66. The molecule has 0 saturated carbocycles. The Hall–Kier alpha value is -1.01. The van der Waals surface area contributed by atoms with Crippen LogP contribution in [0.1, 0.15) is 5.69 Å². The molecule has 2 aromatic heterocycles. The standard InChI is InChI=1S/C7H2Cl2F3N3/c8-4-1-5-13-3(7(10,11)12)2-15(5)6(9)14-4/h1-2H. The Morgan fingerprint density at radius 1 is 1.20 bits per heavy atom. The number of aromatic nitrogens is 3. The van der Waals surface area contributed by atoms with Crippen molar-refractivity contribution in [1.82, 2.24) is 14.4 Å². The second-order valence-electron chi connectivity index (χ2n) is 2.70. The maximum Gasteiger partial charge on any atom is 0.434 e. The first kappa shape index (κ1) is 10.5. The summed E-state index contributed by atoms with van der Waals surface area (Å²) in [6.07, 6.45) is -3.75. The van der Waals surface area contributed by atoms with Gasteiger partial charge < -0.3 is 0 Å². The van der Waals surface area contributed by atoms with Crippen LogP contribution in [0, 0.1) is 0 Å². The molecule has 80 valence electrons. The van der Waals surface area contributed by atoms with Crippen LogP contribution < -0.4 is 0 Å². The molecule has 2 heterocycles. The third-order valence-electron chi connectivity index (χ3n) is 1.67. The Morgan fingerprint density at radius 3 is 2.47 bits per heavy atom. The molecule has 0 amide bonds. The van der Waals surface area contributed by atoms with E-state index in [1.165, 1.54) is 6.07 Å². The Balaban J connectivity index is 2.71. The van der Waals surface area contributed by atoms with Crippen molar-refractivity contribution >= 4 is 28.8 Å². The largest absolute Gasteiger partial charge is 0.434 e. The van der Waals surface area contributed by atoms with Gasteiger partial charge in [-0.05, 0) is 11.6 Å². The smallest absolute Gasteiger partial charge is 0.274 e. The normalized spacial score (nSPS) is 12.3. The quantitative estimate of drug-likeness (QED) is 0.535. The van der Waals surface area contributed by atoms with E-state index in [-0.39, 0.29) is 16.1 Å². The molecule has 0 aliphatic rings. The van der Waals surface area contributed by atoms with Gasteiger partial charge in [-0.25, -0.2) is 9.97 Å². The second kappa shape index (κ2) is 3.24. The van der Waals surface area contributed by atoms with Crippen molar-refractivity contribution in [1.29, 1.82) is 0 Å². The van der Waals surface area contributed by atoms with Crippen molar-refractivity contribution in [3.8, 4) is 0 Å². The molecule has 0 aliphatic carbocycles. The van der Waals surface area contributed by atoms with E-state index in [1.807, 2.05) is 0 Å². The van der Waals surface area contributed by atoms with Crippen molar-refractivity contribution in [2.24, 2.45) is 0 Å². The predicted molar refractivity (Wildman–Crippen MR) is 48.0 cm³/mol. The third kappa shape index (κ3) is 1.87. The van der Waals surface area contributed by atoms with Crippen molar-refractivity contribution < 1.29 is 13.2 Å². The molecule has 0 aromatic carbocycles. The van der Waals surface area contributed by atoms with Crippen LogP contribution in [0.25, 0.3) is 5.65 Å². The summed E-state index contributed by atoms with van der Waals surface area (Å²) in [6, 6.07) is 1.20. The molecule has 3 nitrogen and oxygen atoms in total. The van der Waals surface area contributed by atoms with Crippen molar-refractivity contribution in [2.75, 3.05) is 0 Å². The molecule has 0 fully saturated rings. The fraction of sp³-hybridized carbons (Fsp3) is 0.143. The fourth-order valence-electron chi connectivity index (χ4n) is 1.06. The van der Waals surface area contributed by atoms with Crippen LogP contribution in [0.4, 0.5) is 13.2 Å². The molecule has 0 aliphatic heterocycles. The molecular formula is C7H2Cl2F3N3. The van der Waals surface area contributed by atoms with Crippen molar-refractivity contribution in [3.05, 3.63) is 28.4 Å². The number of imidazole rings is 1. The lowest BCUT2D eigenvalue weighted by molar-refractivity contribution is -0.140. The Kier molecular flexibility index (Phi) is 2.27. The van der Waals surface area contributed by atoms with Gasteiger partial charge in [0.05, 0.1) is 0 Å². The van der Waals surface area contributed by atoms with Crippen LogP contribution in [-0.2, 0) is 6.18 Å². The molecule has 0 saturated heterocycles. The van der Waals surface area contributed by atoms with Crippen LogP contribution in [0.15, 0.2) is 12.3 Å². The van der Waals surface area contributed by atoms with Gasteiger partial charge in [0.25, 0.3) is 0 Å². The number of fused-ring (bicyclic) bond motifs is 1. The van der Waals surface area contributed by atoms with Crippen LogP contribution in [-0.4, -0.2) is 14.4 Å². The highest BCUT2D eigenvalue weighted by Crippen LogP contribution is 2.29. The van der Waals surface area contributed by atoms with Gasteiger partial charge in [0.1, 0.15) is 10.8 Å². The lowest BCUT2D eigenvalue weighted by Crippen LogP contribution is -2.04. The van der Waals surface area contributed by atoms with E-state index in [4.69, 9.17) is 23.2 Å². The van der Waals surface area contributed by atoms with Gasteiger partial charge in [0.15, 0.2) is 5.69 Å². The predicted octanol–water partition coefficient (Wildman–Crippen LogP) is 3.05. The van der Waals surface area contributed by atoms with E-state index in [0.29, 0.717) is 0 Å². The van der Waals surface area contributed by atoms with E-state index in [1.54, 1.807) is 0 Å². The SMILES string of the molecule is FC(F)(F)c1cn2c(Cl)nc(Cl)cc2n1. The van der Waals surface area contributed by atoms with Gasteiger partial charge in [0, 0.05) is 12.3 Å². The van der Waals surface area contributed by atoms with E-state index in [0.717, 1.165) is 10.6 Å². The lowest BCUT2D eigenvalue weighted by atomic mass is 10.5. The Morgan fingerprint density at radius 2 is 1.87 bits per heavy atom. The highest BCUT2D eigenvalue weighted by atomic mass is 35.5. The van der Waals surface area contributed by atoms with Gasteiger partial charge in [-0.15, -0.1) is 0 Å². The summed E-state index contributed by atoms with van der Waals surface area (Å²) in [7, 11) is 0. The van der Waals surface area contributed by atoms with E-state index in [2.05, 4.69) is 9.97 Å². The highest BCUT2D eigenvalue weighted by Gasteiger charge is 2.34. The average Bonchev–Trinajstić information content (AvgIpc) is 2.46. The Labute approximate surface area is 91.5 Å². The van der Waals surface area contributed by atoms with Crippen molar-refractivity contribution in [3.63, 3.8) is 0 Å². The molecule has 0 spiro atoms. The number of hydrogen-bond donors (Lipinski definition) is 0. The molecule has 15 heavy (non-hydrogen) atoms. The molecule has 0 unspecified atom stereocenters. The van der Waals surface area contributed by atoms with Crippen molar-refractivity contribution in [2.45, 2.75) is 6.18 Å². The maximum atomic E-state index is 12.3. The fourth-order valence-corrected chi connectivity index (χ4v) is 1.51. The van der Waals surface area contributed by atoms with Gasteiger partial charge in [-0.2, -0.15) is 13.2 Å². The summed E-state index contributed by atoms with van der Waals surface area (Å²) in [4.78, 5) is 6.92. The molecule has 8 heteroatoms. The van der Waals surface area contributed by atoms with Gasteiger partial charge in [-0.1, -0.05) is 11.6 Å². The summed E-state index contributed by atoms with van der Waals surface area (Å²) in [6.45, 7) is 0. The molecule has 0 radical (unpaired) electrons. The minimum atomic E-state index is -4.51. The molecular weight excluding hydrogens is 254 g/mol. The number of hydrogen-bond acceptors (Lipinski definition) is 2. The molecule has 0 bridgehead atoms. The number of rotatable bonds is 0. The van der Waals surface area contributed by atoms with Crippen LogP contribution in [0.3, 0.4) is 0 Å². The van der Waals surface area contributed by atoms with Gasteiger partial charge in [0.2, 0.25) is 5.28 Å². The van der Waals surface area contributed by atoms with Crippen LogP contribution >= 0.6 is 23.2 Å². The van der Waals surface area contributed by atoms with Crippen LogP contribution in [0.2, 0.25) is 10.4 Å². The second-order valence-corrected chi connectivity index (χ2v) is 3.43. The van der Waals surface area contributed by atoms with Crippen LogP contribution in [0.5, 0.6) is 0 Å².